The molecule has 6 heteroatoms. The predicted octanol–water partition coefficient (Wildman–Crippen LogP) is 4.61. The van der Waals surface area contributed by atoms with Crippen LogP contribution in [0.2, 0.25) is 5.15 Å². The third-order valence-electron chi connectivity index (χ3n) is 2.88. The summed E-state index contributed by atoms with van der Waals surface area (Å²) in [6.45, 7) is 3.37. The van der Waals surface area contributed by atoms with Gasteiger partial charge in [-0.25, -0.2) is 14.2 Å². The van der Waals surface area contributed by atoms with Crippen molar-refractivity contribution in [3.63, 3.8) is 0 Å². The smallest absolute Gasteiger partial charge is 0.341 e. The molecule has 21 heavy (non-hydrogen) atoms. The van der Waals surface area contributed by atoms with Gasteiger partial charge in [0.25, 0.3) is 0 Å². The molecule has 0 radical (unpaired) electrons. The zero-order valence-corrected chi connectivity index (χ0v) is 13.8. The summed E-state index contributed by atoms with van der Waals surface area (Å²) in [7, 11) is 0. The summed E-state index contributed by atoms with van der Waals surface area (Å²) < 4.78 is 19.4. The van der Waals surface area contributed by atoms with E-state index in [0.717, 1.165) is 0 Å². The summed E-state index contributed by atoms with van der Waals surface area (Å²) in [6, 6.07) is 6.28. The SMILES string of the molecule is Cc1cc(C)c(C(=O)OCc2ccc(Br)cc2F)c(Cl)n1. The molecule has 0 atom stereocenters. The molecule has 0 bridgehead atoms. The van der Waals surface area contributed by atoms with Crippen molar-refractivity contribution in [3.8, 4) is 0 Å². The Bertz CT molecular complexity index is 683. The molecule has 0 fully saturated rings. The van der Waals surface area contributed by atoms with Crippen LogP contribution in [0.5, 0.6) is 0 Å². The third kappa shape index (κ3) is 3.80. The maximum atomic E-state index is 13.7. The van der Waals surface area contributed by atoms with Gasteiger partial charge >= 0.3 is 5.97 Å². The number of rotatable bonds is 3. The highest BCUT2D eigenvalue weighted by Crippen LogP contribution is 2.21. The Kier molecular flexibility index (Phi) is 4.96. The van der Waals surface area contributed by atoms with Gasteiger partial charge in [0.2, 0.25) is 0 Å². The molecule has 1 aromatic heterocycles. The van der Waals surface area contributed by atoms with E-state index in [0.29, 0.717) is 21.3 Å². The van der Waals surface area contributed by atoms with Crippen LogP contribution >= 0.6 is 27.5 Å². The van der Waals surface area contributed by atoms with Gasteiger partial charge in [0.15, 0.2) is 0 Å². The molecule has 0 aliphatic carbocycles. The number of esters is 1. The molecule has 0 aliphatic heterocycles. The molecule has 0 amide bonds. The molecule has 110 valence electrons. The average molecular weight is 373 g/mol. The molecular formula is C15H12BrClFNO2. The predicted molar refractivity (Wildman–Crippen MR) is 81.9 cm³/mol. The number of carbonyl (C=O) groups is 1. The van der Waals surface area contributed by atoms with Crippen molar-refractivity contribution in [2.45, 2.75) is 20.5 Å². The molecule has 1 heterocycles. The van der Waals surface area contributed by atoms with Gasteiger partial charge in [0, 0.05) is 15.7 Å². The summed E-state index contributed by atoms with van der Waals surface area (Å²) >= 11 is 9.14. The number of pyridine rings is 1. The monoisotopic (exact) mass is 371 g/mol. The zero-order valence-electron chi connectivity index (χ0n) is 11.4. The Morgan fingerprint density at radius 3 is 2.71 bits per heavy atom. The first-order valence-electron chi connectivity index (χ1n) is 6.13. The van der Waals surface area contributed by atoms with E-state index in [2.05, 4.69) is 20.9 Å². The van der Waals surface area contributed by atoms with Gasteiger partial charge in [-0.1, -0.05) is 33.6 Å². The fourth-order valence-corrected chi connectivity index (χ4v) is 2.58. The van der Waals surface area contributed by atoms with Crippen LogP contribution in [0.15, 0.2) is 28.7 Å². The lowest BCUT2D eigenvalue weighted by molar-refractivity contribution is 0.0468. The standard InChI is InChI=1S/C15H12BrClFNO2/c1-8-5-9(2)19-14(17)13(8)15(20)21-7-10-3-4-11(16)6-12(10)18/h3-6H,7H2,1-2H3. The third-order valence-corrected chi connectivity index (χ3v) is 3.65. The highest BCUT2D eigenvalue weighted by atomic mass is 79.9. The Balaban J connectivity index is 2.16. The molecule has 0 spiro atoms. The van der Waals surface area contributed by atoms with E-state index in [1.54, 1.807) is 32.0 Å². The van der Waals surface area contributed by atoms with E-state index in [1.807, 2.05) is 0 Å². The lowest BCUT2D eigenvalue weighted by Crippen LogP contribution is -2.10. The maximum Gasteiger partial charge on any atom is 0.341 e. The second-order valence-corrected chi connectivity index (χ2v) is 5.83. The minimum absolute atomic E-state index is 0.0915. The van der Waals surface area contributed by atoms with Crippen LogP contribution in [0.3, 0.4) is 0 Å². The number of benzene rings is 1. The Morgan fingerprint density at radius 2 is 2.10 bits per heavy atom. The highest BCUT2D eigenvalue weighted by molar-refractivity contribution is 9.10. The van der Waals surface area contributed by atoms with Gasteiger partial charge in [-0.05, 0) is 37.6 Å². The Labute approximate surface area is 135 Å². The first-order valence-corrected chi connectivity index (χ1v) is 7.30. The van der Waals surface area contributed by atoms with Crippen molar-refractivity contribution in [1.29, 1.82) is 0 Å². The molecule has 2 rings (SSSR count). The van der Waals surface area contributed by atoms with Crippen molar-refractivity contribution < 1.29 is 13.9 Å². The summed E-state index contributed by atoms with van der Waals surface area (Å²) in [5.74, 6) is -1.06. The zero-order chi connectivity index (χ0) is 15.6. The van der Waals surface area contributed by atoms with Crippen LogP contribution in [0.1, 0.15) is 27.2 Å². The molecule has 0 aliphatic rings. The molecular weight excluding hydrogens is 361 g/mol. The fourth-order valence-electron chi connectivity index (χ4n) is 1.89. The van der Waals surface area contributed by atoms with Crippen LogP contribution in [0, 0.1) is 19.7 Å². The van der Waals surface area contributed by atoms with Gasteiger partial charge < -0.3 is 4.74 Å². The highest BCUT2D eigenvalue weighted by Gasteiger charge is 2.17. The van der Waals surface area contributed by atoms with Crippen molar-refractivity contribution in [3.05, 3.63) is 62.1 Å². The normalized spacial score (nSPS) is 10.5. The van der Waals surface area contributed by atoms with Crippen LogP contribution in [-0.2, 0) is 11.3 Å². The van der Waals surface area contributed by atoms with Gasteiger partial charge in [-0.2, -0.15) is 0 Å². The summed E-state index contributed by atoms with van der Waals surface area (Å²) in [5, 5.41) is 0.0915. The molecule has 0 N–H and O–H groups in total. The van der Waals surface area contributed by atoms with Gasteiger partial charge in [0.1, 0.15) is 17.6 Å². The van der Waals surface area contributed by atoms with Crippen LogP contribution in [0.4, 0.5) is 4.39 Å². The molecule has 3 nitrogen and oxygen atoms in total. The van der Waals surface area contributed by atoms with E-state index in [4.69, 9.17) is 16.3 Å². The topological polar surface area (TPSA) is 39.2 Å². The first-order chi connectivity index (χ1) is 9.88. The Morgan fingerprint density at radius 1 is 1.38 bits per heavy atom. The van der Waals surface area contributed by atoms with Crippen LogP contribution in [0.25, 0.3) is 0 Å². The van der Waals surface area contributed by atoms with Crippen molar-refractivity contribution in [2.24, 2.45) is 0 Å². The lowest BCUT2D eigenvalue weighted by Gasteiger charge is -2.10. The van der Waals surface area contributed by atoms with Crippen molar-refractivity contribution >= 4 is 33.5 Å². The van der Waals surface area contributed by atoms with E-state index in [-0.39, 0.29) is 17.3 Å². The van der Waals surface area contributed by atoms with Crippen LogP contribution < -0.4 is 0 Å². The molecule has 1 aromatic carbocycles. The summed E-state index contributed by atoms with van der Waals surface area (Å²) in [6.07, 6.45) is 0. The lowest BCUT2D eigenvalue weighted by atomic mass is 10.1. The number of hydrogen-bond acceptors (Lipinski definition) is 3. The van der Waals surface area contributed by atoms with E-state index in [1.165, 1.54) is 6.07 Å². The second kappa shape index (κ2) is 6.54. The number of hydrogen-bond donors (Lipinski definition) is 0. The van der Waals surface area contributed by atoms with Gasteiger partial charge in [0.05, 0.1) is 5.56 Å². The minimum atomic E-state index is -0.618. The number of nitrogens with zero attached hydrogens (tertiary/aromatic N) is 1. The van der Waals surface area contributed by atoms with E-state index < -0.39 is 11.8 Å². The van der Waals surface area contributed by atoms with Crippen molar-refractivity contribution in [1.82, 2.24) is 4.98 Å². The average Bonchev–Trinajstić information content (AvgIpc) is 2.36. The fraction of sp³-hybridized carbons (Fsp3) is 0.200. The van der Waals surface area contributed by atoms with Crippen molar-refractivity contribution in [2.75, 3.05) is 0 Å². The largest absolute Gasteiger partial charge is 0.457 e. The van der Waals surface area contributed by atoms with Crippen LogP contribution in [-0.4, -0.2) is 11.0 Å². The molecule has 0 unspecified atom stereocenters. The minimum Gasteiger partial charge on any atom is -0.457 e. The van der Waals surface area contributed by atoms with Gasteiger partial charge in [-0.3, -0.25) is 0 Å². The second-order valence-electron chi connectivity index (χ2n) is 4.56. The number of carbonyl (C=O) groups excluding carboxylic acids is 1. The quantitative estimate of drug-likeness (QED) is 0.583. The first kappa shape index (κ1) is 15.9. The summed E-state index contributed by atoms with van der Waals surface area (Å²) in [4.78, 5) is 16.1. The van der Waals surface area contributed by atoms with Gasteiger partial charge in [-0.15, -0.1) is 0 Å². The van der Waals surface area contributed by atoms with E-state index >= 15 is 0 Å². The summed E-state index contributed by atoms with van der Waals surface area (Å²) in [5.41, 5.74) is 1.89. The van der Waals surface area contributed by atoms with E-state index in [9.17, 15) is 9.18 Å². The molecule has 0 saturated heterocycles. The number of aromatic nitrogens is 1. The number of halogens is 3. The number of aryl methyl sites for hydroxylation is 2. The molecule has 2 aromatic rings. The Hall–Kier alpha value is -1.46. The maximum absolute atomic E-state index is 13.7. The number of ether oxygens (including phenoxy) is 1. The molecule has 0 saturated carbocycles.